The molecule has 4 aliphatic carbocycles. The molecule has 0 aromatic heterocycles. The molecule has 0 bridgehead atoms. The van der Waals surface area contributed by atoms with Crippen LogP contribution in [0.15, 0.2) is 5.16 Å². The van der Waals surface area contributed by atoms with Gasteiger partial charge in [-0.25, -0.2) is 0 Å². The van der Waals surface area contributed by atoms with Gasteiger partial charge in [-0.1, -0.05) is 39.8 Å². The van der Waals surface area contributed by atoms with Gasteiger partial charge in [-0.15, -0.1) is 0 Å². The molecule has 4 saturated carbocycles. The number of hydrogen-bond donors (Lipinski definition) is 3. The monoisotopic (exact) mass is 472 g/mol. The molecular formula is C30H52N2O2. The number of aliphatic hydroxyl groups excluding tert-OH is 1. The molecule has 0 aromatic rings. The molecule has 9 atom stereocenters. The van der Waals surface area contributed by atoms with Crippen molar-refractivity contribution in [3.05, 3.63) is 0 Å². The number of hydrogen-bond acceptors (Lipinski definition) is 4. The quantitative estimate of drug-likeness (QED) is 0.296. The maximum absolute atomic E-state index is 10.5. The molecule has 0 spiro atoms. The number of rotatable bonds is 1. The van der Waals surface area contributed by atoms with Gasteiger partial charge in [0.15, 0.2) is 0 Å². The Balaban J connectivity index is 1.61. The van der Waals surface area contributed by atoms with Crippen molar-refractivity contribution < 1.29 is 10.3 Å². The smallest absolute Gasteiger partial charge is 0.0613 e. The van der Waals surface area contributed by atoms with E-state index in [4.69, 9.17) is 0 Å². The van der Waals surface area contributed by atoms with E-state index in [0.717, 1.165) is 31.5 Å². The molecule has 5 aliphatic rings. The highest BCUT2D eigenvalue weighted by Gasteiger charge is 2.70. The summed E-state index contributed by atoms with van der Waals surface area (Å²) in [6.45, 7) is 18.9. The standard InChI is InChI=1S/C30H52N2O2/c1-25(2)22-9-11-29(6)23(28(22,5)10-8-16-31-25)17-21(32-34)24-20-18-26(3,19-33)12-13-27(20,4)14-15-30(24,29)7/h20,22-24,31,33-34H,8-19H2,1-7H3/b32-21+/t20-,22-,23+,24?,26-,27+,28-,29+,30+/m0/s1. The number of nitrogens with zero attached hydrogens (tertiary/aromatic N) is 1. The highest BCUT2D eigenvalue weighted by molar-refractivity contribution is 5.89. The molecule has 1 saturated heterocycles. The first-order valence-corrected chi connectivity index (χ1v) is 14.4. The van der Waals surface area contributed by atoms with Crippen LogP contribution in [0.5, 0.6) is 0 Å². The van der Waals surface area contributed by atoms with Gasteiger partial charge in [0.05, 0.1) is 5.71 Å². The lowest BCUT2D eigenvalue weighted by Gasteiger charge is -2.72. The Morgan fingerprint density at radius 3 is 2.26 bits per heavy atom. The maximum atomic E-state index is 10.5. The lowest BCUT2D eigenvalue weighted by atomic mass is 9.32. The van der Waals surface area contributed by atoms with Gasteiger partial charge >= 0.3 is 0 Å². The topological polar surface area (TPSA) is 64.9 Å². The van der Waals surface area contributed by atoms with Gasteiger partial charge in [-0.2, -0.15) is 0 Å². The molecule has 1 unspecified atom stereocenters. The number of fused-ring (bicyclic) bond motifs is 7. The molecule has 1 aliphatic heterocycles. The predicted molar refractivity (Wildman–Crippen MR) is 139 cm³/mol. The summed E-state index contributed by atoms with van der Waals surface area (Å²) >= 11 is 0. The van der Waals surface area contributed by atoms with E-state index >= 15 is 0 Å². The Morgan fingerprint density at radius 1 is 0.882 bits per heavy atom. The average molecular weight is 473 g/mol. The lowest BCUT2D eigenvalue weighted by molar-refractivity contribution is -0.201. The molecular weight excluding hydrogens is 420 g/mol. The predicted octanol–water partition coefficient (Wildman–Crippen LogP) is 6.64. The first-order chi connectivity index (χ1) is 15.8. The van der Waals surface area contributed by atoms with Crippen LogP contribution in [0.4, 0.5) is 0 Å². The Hall–Kier alpha value is -0.610. The first kappa shape index (κ1) is 25.1. The van der Waals surface area contributed by atoms with E-state index in [9.17, 15) is 10.3 Å². The number of oxime groups is 1. The van der Waals surface area contributed by atoms with E-state index in [1.165, 1.54) is 44.9 Å². The molecule has 34 heavy (non-hydrogen) atoms. The van der Waals surface area contributed by atoms with Crippen LogP contribution >= 0.6 is 0 Å². The second-order valence-electron chi connectivity index (χ2n) is 15.4. The molecule has 0 amide bonds. The van der Waals surface area contributed by atoms with Crippen LogP contribution < -0.4 is 5.32 Å². The highest BCUT2D eigenvalue weighted by atomic mass is 16.4. The minimum absolute atomic E-state index is 0.00136. The summed E-state index contributed by atoms with van der Waals surface area (Å²) in [6.07, 6.45) is 12.0. The van der Waals surface area contributed by atoms with Gasteiger partial charge in [0.25, 0.3) is 0 Å². The van der Waals surface area contributed by atoms with Crippen molar-refractivity contribution in [3.63, 3.8) is 0 Å². The van der Waals surface area contributed by atoms with E-state index in [-0.39, 0.29) is 33.8 Å². The van der Waals surface area contributed by atoms with Crippen molar-refractivity contribution in [1.29, 1.82) is 0 Å². The highest BCUT2D eigenvalue weighted by Crippen LogP contribution is 2.75. The zero-order valence-electron chi connectivity index (χ0n) is 23.1. The van der Waals surface area contributed by atoms with Crippen molar-refractivity contribution in [2.75, 3.05) is 13.2 Å². The van der Waals surface area contributed by atoms with E-state index in [0.29, 0.717) is 29.1 Å². The van der Waals surface area contributed by atoms with E-state index < -0.39 is 0 Å². The van der Waals surface area contributed by atoms with Crippen LogP contribution in [0.3, 0.4) is 0 Å². The molecule has 0 aromatic carbocycles. The lowest BCUT2D eigenvalue weighted by Crippen LogP contribution is -2.68. The minimum Gasteiger partial charge on any atom is -0.411 e. The molecule has 4 nitrogen and oxygen atoms in total. The van der Waals surface area contributed by atoms with Crippen LogP contribution in [-0.4, -0.2) is 34.7 Å². The summed E-state index contributed by atoms with van der Waals surface area (Å²) in [4.78, 5) is 0. The first-order valence-electron chi connectivity index (χ1n) is 14.4. The van der Waals surface area contributed by atoms with Crippen LogP contribution in [0, 0.1) is 50.7 Å². The summed E-state index contributed by atoms with van der Waals surface area (Å²) in [5, 5.41) is 28.9. The third-order valence-corrected chi connectivity index (χ3v) is 13.5. The van der Waals surface area contributed by atoms with Crippen LogP contribution in [-0.2, 0) is 0 Å². The molecule has 5 fully saturated rings. The summed E-state index contributed by atoms with van der Waals surface area (Å²) in [6, 6.07) is 0. The fourth-order valence-electron chi connectivity index (χ4n) is 11.0. The SMILES string of the molecule is CC1(C)NCCC[C@]2(C)[C@H]3C/C(=N\O)C4[C@@H]5C[C@@](C)(CO)CC[C@]5(C)CC[C@@]4(C)[C@]3(C)CC[C@@H]12. The zero-order valence-corrected chi connectivity index (χ0v) is 23.1. The van der Waals surface area contributed by atoms with Crippen molar-refractivity contribution in [3.8, 4) is 0 Å². The Morgan fingerprint density at radius 2 is 1.59 bits per heavy atom. The third kappa shape index (κ3) is 3.19. The fourth-order valence-corrected chi connectivity index (χ4v) is 11.0. The molecule has 0 radical (unpaired) electrons. The van der Waals surface area contributed by atoms with Crippen molar-refractivity contribution in [2.24, 2.45) is 55.9 Å². The van der Waals surface area contributed by atoms with Crippen LogP contribution in [0.1, 0.15) is 113 Å². The van der Waals surface area contributed by atoms with Gasteiger partial charge in [-0.3, -0.25) is 0 Å². The van der Waals surface area contributed by atoms with Crippen molar-refractivity contribution >= 4 is 5.71 Å². The summed E-state index contributed by atoms with van der Waals surface area (Å²) in [7, 11) is 0. The zero-order chi connectivity index (χ0) is 24.8. The molecule has 1 heterocycles. The van der Waals surface area contributed by atoms with Gasteiger partial charge in [0, 0.05) is 18.1 Å². The average Bonchev–Trinajstić information content (AvgIpc) is 2.90. The minimum atomic E-state index is 0.00136. The Labute approximate surface area is 208 Å². The second kappa shape index (κ2) is 7.70. The third-order valence-electron chi connectivity index (χ3n) is 13.5. The van der Waals surface area contributed by atoms with E-state index in [1.807, 2.05) is 0 Å². The molecule has 5 rings (SSSR count). The van der Waals surface area contributed by atoms with Gasteiger partial charge in [0.2, 0.25) is 0 Å². The second-order valence-corrected chi connectivity index (χ2v) is 15.4. The number of aliphatic hydroxyl groups is 1. The summed E-state index contributed by atoms with van der Waals surface area (Å²) in [5.74, 6) is 2.04. The van der Waals surface area contributed by atoms with Crippen molar-refractivity contribution in [2.45, 2.75) is 118 Å². The molecule has 4 heteroatoms. The van der Waals surface area contributed by atoms with E-state index in [2.05, 4.69) is 58.9 Å². The van der Waals surface area contributed by atoms with E-state index in [1.54, 1.807) is 0 Å². The van der Waals surface area contributed by atoms with Crippen LogP contribution in [0.25, 0.3) is 0 Å². The van der Waals surface area contributed by atoms with Gasteiger partial charge < -0.3 is 15.6 Å². The van der Waals surface area contributed by atoms with Crippen LogP contribution in [0.2, 0.25) is 0 Å². The summed E-state index contributed by atoms with van der Waals surface area (Å²) in [5.41, 5.74) is 2.21. The largest absolute Gasteiger partial charge is 0.411 e. The van der Waals surface area contributed by atoms with Crippen molar-refractivity contribution in [1.82, 2.24) is 5.32 Å². The Bertz CT molecular complexity index is 855. The Kier molecular flexibility index (Phi) is 5.67. The maximum Gasteiger partial charge on any atom is 0.0613 e. The summed E-state index contributed by atoms with van der Waals surface area (Å²) < 4.78 is 0. The molecule has 3 N–H and O–H groups in total. The van der Waals surface area contributed by atoms with Gasteiger partial charge in [0.1, 0.15) is 0 Å². The number of nitrogens with one attached hydrogen (secondary N) is 1. The normalized spacial score (nSPS) is 55.9. The van der Waals surface area contributed by atoms with Gasteiger partial charge in [-0.05, 0) is 129 Å². The fraction of sp³-hybridized carbons (Fsp3) is 0.967. The molecule has 194 valence electrons.